The van der Waals surface area contributed by atoms with Crippen molar-refractivity contribution < 1.29 is 213 Å². The number of hydrogen-bond donors (Lipinski definition) is 4. The zero-order chi connectivity index (χ0) is 103. The van der Waals surface area contributed by atoms with E-state index in [9.17, 15) is 114 Å². The van der Waals surface area contributed by atoms with E-state index in [1.165, 1.54) is 182 Å². The van der Waals surface area contributed by atoms with Crippen LogP contribution in [0.5, 0.6) is 23.0 Å². The Hall–Kier alpha value is -13.1. The third kappa shape index (κ3) is 43.3. The number of rotatable bonds is 20. The van der Waals surface area contributed by atoms with Crippen LogP contribution in [0.3, 0.4) is 0 Å². The molecule has 4 heterocycles. The van der Waals surface area contributed by atoms with Crippen molar-refractivity contribution in [3.05, 3.63) is 427 Å². The summed E-state index contributed by atoms with van der Waals surface area (Å²) in [5.41, 5.74) is 8.47. The Bertz CT molecular complexity index is 6620. The van der Waals surface area contributed by atoms with Crippen molar-refractivity contribution >= 4 is 52.2 Å². The van der Waals surface area contributed by atoms with Crippen LogP contribution in [0.2, 0.25) is 0 Å². The van der Waals surface area contributed by atoms with Gasteiger partial charge in [-0.2, -0.15) is 20.8 Å². The minimum atomic E-state index is -4.85. The number of carboxylic acid groups (broad SMARTS) is 1. The summed E-state index contributed by atoms with van der Waals surface area (Å²) in [5, 5.41) is 26.5. The second-order valence-electron chi connectivity index (χ2n) is 27.2. The number of aromatic carboxylic acids is 1. The molecule has 769 valence electrons. The van der Waals surface area contributed by atoms with E-state index in [4.69, 9.17) is 20.5 Å². The Kier molecular flexibility index (Phi) is 59.8. The van der Waals surface area contributed by atoms with Gasteiger partial charge in [0.25, 0.3) is 22.2 Å². The van der Waals surface area contributed by atoms with Crippen LogP contribution in [0, 0.1) is 44.0 Å². The molecule has 45 heteroatoms. The summed E-state index contributed by atoms with van der Waals surface area (Å²) in [6.07, 6.45) is -13.3. The Morgan fingerprint density at radius 3 is 0.884 bits per heavy atom. The number of ether oxygens (including phenoxy) is 6. The first-order valence-electron chi connectivity index (χ1n) is 40.3. The van der Waals surface area contributed by atoms with Gasteiger partial charge in [0.05, 0.1) is 30.9 Å². The summed E-state index contributed by atoms with van der Waals surface area (Å²) >= 11 is 3.14. The van der Waals surface area contributed by atoms with Crippen molar-refractivity contribution in [3.8, 4) is 79.1 Å². The number of pyridine rings is 4. The molecule has 0 saturated heterocycles. The van der Waals surface area contributed by atoms with Crippen molar-refractivity contribution in [3.63, 3.8) is 0 Å². The number of ketones is 1. The molecule has 0 unspecified atom stereocenters. The summed E-state index contributed by atoms with van der Waals surface area (Å²) in [4.78, 5) is 98.0. The van der Waals surface area contributed by atoms with Gasteiger partial charge in [0.1, 0.15) is 46.3 Å². The van der Waals surface area contributed by atoms with Gasteiger partial charge in [0.15, 0.2) is 5.78 Å². The van der Waals surface area contributed by atoms with Gasteiger partial charge >= 0.3 is 69.3 Å². The van der Waals surface area contributed by atoms with Crippen LogP contribution < -0.4 is 71.2 Å². The summed E-state index contributed by atoms with van der Waals surface area (Å²) in [7, 11) is 0.821. The second-order valence-corrected chi connectivity index (χ2v) is 28.0. The normalized spacial score (nSPS) is 10.1. The van der Waals surface area contributed by atoms with Crippen LogP contribution in [-0.2, 0) is 78.1 Å². The average Bonchev–Trinajstić information content (AvgIpc) is 0.792. The maximum atomic E-state index is 13.5. The Labute approximate surface area is 884 Å². The number of carbonyl (C=O) groups excluding carboxylic acids is 3. The Morgan fingerprint density at radius 1 is 0.370 bits per heavy atom. The van der Waals surface area contributed by atoms with E-state index in [-0.39, 0.29) is 163 Å². The second kappa shape index (κ2) is 64.7. The molecule has 23 nitrogen and oxygen atoms in total. The van der Waals surface area contributed by atoms with E-state index in [0.717, 1.165) is 105 Å². The number of alkyl halides is 12. The van der Waals surface area contributed by atoms with E-state index in [0.29, 0.717) is 50.8 Å². The molecule has 6 N–H and O–H groups in total. The monoisotopic (exact) mass is 2220 g/mol. The molecule has 0 saturated carbocycles. The number of Topliss-reactive ketones (excluding diaryl/α,β-unsaturated/α-hetero) is 1. The van der Waals surface area contributed by atoms with E-state index >= 15 is 0 Å². The summed E-state index contributed by atoms with van der Waals surface area (Å²) in [6, 6.07) is 62.9. The molecule has 0 aliphatic carbocycles. The molecule has 0 aliphatic rings. The van der Waals surface area contributed by atoms with Gasteiger partial charge in [-0.05, 0) is 201 Å². The summed E-state index contributed by atoms with van der Waals surface area (Å²) < 4.78 is 229. The molecule has 0 atom stereocenters. The van der Waals surface area contributed by atoms with Crippen molar-refractivity contribution in [2.24, 2.45) is 5.73 Å². The standard InChI is InChI=1S/C27H19F4NO3.C20H13F4NO4.C19H11F4NO4.C14H9BrF3NO4.C7H9N.C6H6BFO2.3C2H5.2CH4.Li.H2O.3V/c28-20-9-7-19(8-10-20)24-17-32(21-11-13-22(14-12-21)35-27(29,30)31)26(34)16-23(24)25(33)15-6-18-4-2-1-3-5-18;1-28-19(27)16-10-18(26)25(11-17(16)12-2-4-13(21)5-3-12)14-6-8-15(9-7-14)29-20(22,23)24;20-12-3-1-11(2-4-12)16-10-24(17(25)9-15(16)18(26)27)13-5-7-14(8-6-13)28-19(21,22)23;1-22-13(21)10-6-12(20)19(7-11(10)15)8-2-4-9(5-3-8)23-14(16,17)18;8-6-7-4-2-1-3-5-7;8-6-3-1-5(2-4-6)7(9)10;3*1-2;;;;;;;/h1-5,7-14,16-17H,6,15H2;2-11H,1H3;1-10H,(H,26,27);2-7H,1H3;1-5H,6,8H2;1-4,9-10H;3*1H2,2H3;2*1H4;;1H2;;;/q;;;;;;3*-1;;;+1;;;;/p-1. The number of benzene rings is 10. The Morgan fingerprint density at radius 2 is 0.616 bits per heavy atom. The van der Waals surface area contributed by atoms with E-state index in [1.54, 1.807) is 20.8 Å². The first kappa shape index (κ1) is 135. The quantitative estimate of drug-likeness (QED) is 0.0181. The maximum Gasteiger partial charge on any atom is 1.00 e. The Balaban J connectivity index is 0. The van der Waals surface area contributed by atoms with Gasteiger partial charge in [-0.25, -0.2) is 31.9 Å². The van der Waals surface area contributed by atoms with Gasteiger partial charge in [-0.15, -0.1) is 52.7 Å². The molecular weight excluding hydrogens is 2130 g/mol. The SMILES string of the molecule is C.C.COC(=O)c1cc(=O)n(-c2ccc(OC(F)(F)F)cc2)cc1-c1ccc(F)cc1.COC(=O)c1cc(=O)n(-c2ccc(OC(F)(F)F)cc2)cc1Br.NCc1ccccc1.O=C(CCc1ccccc1)c1cc(=O)n(-c2ccc(OC(F)(F)F)cc2)cc1-c1ccc(F)cc1.O=C(O)c1cc(=O)n(-c2ccc(OC(F)(F)F)cc2)cc1-c1ccc(F)cc1.OB(O)c1ccc(F)cc1.[CH2-]C.[CH2-]C.[CH2-]C.[Li+].[OH-].[V].[V].[V]. The molecule has 10 aromatic carbocycles. The predicted molar refractivity (Wildman–Crippen MR) is 507 cm³/mol. The largest absolute Gasteiger partial charge is 1.00 e. The van der Waals surface area contributed by atoms with Crippen LogP contribution >= 0.6 is 15.9 Å². The van der Waals surface area contributed by atoms with Crippen molar-refractivity contribution in [1.82, 2.24) is 18.3 Å². The van der Waals surface area contributed by atoms with E-state index in [2.05, 4.69) is 60.4 Å². The maximum absolute atomic E-state index is 13.5. The van der Waals surface area contributed by atoms with Crippen molar-refractivity contribution in [2.75, 3.05) is 14.2 Å². The van der Waals surface area contributed by atoms with Crippen LogP contribution in [0.1, 0.15) is 94.6 Å². The third-order valence-electron chi connectivity index (χ3n) is 18.1. The molecule has 0 aliphatic heterocycles. The molecule has 0 spiro atoms. The number of nitrogens with zero attached hydrogens (tertiary/aromatic N) is 4. The smallest absolute Gasteiger partial charge is 0.870 e. The number of carboxylic acids is 1. The van der Waals surface area contributed by atoms with Crippen LogP contribution in [0.15, 0.2) is 327 Å². The number of aromatic nitrogens is 4. The summed E-state index contributed by atoms with van der Waals surface area (Å²) in [5.74, 6) is -6.65. The number of carbonyl (C=O) groups is 4. The summed E-state index contributed by atoms with van der Waals surface area (Å²) in [6.45, 7) is 15.6. The first-order chi connectivity index (χ1) is 65.8. The van der Waals surface area contributed by atoms with Crippen LogP contribution in [-0.4, -0.2) is 109 Å². The van der Waals surface area contributed by atoms with Crippen LogP contribution in [0.4, 0.5) is 70.2 Å². The fraction of sp³-hybridized carbons (Fsp3) is 0.139. The van der Waals surface area contributed by atoms with Crippen molar-refractivity contribution in [1.29, 1.82) is 0 Å². The van der Waals surface area contributed by atoms with Crippen molar-refractivity contribution in [2.45, 2.75) is 80.5 Å². The van der Waals surface area contributed by atoms with E-state index in [1.807, 2.05) is 60.7 Å². The number of aryl methyl sites for hydroxylation is 1. The van der Waals surface area contributed by atoms with E-state index < -0.39 is 113 Å². The minimum Gasteiger partial charge on any atom is -0.870 e. The van der Waals surface area contributed by atoms with Crippen LogP contribution in [0.25, 0.3) is 56.1 Å². The third-order valence-corrected chi connectivity index (χ3v) is 18.7. The number of nitrogens with two attached hydrogens (primary N) is 1. The number of esters is 2. The molecule has 3 radical (unpaired) electrons. The van der Waals surface area contributed by atoms with Gasteiger partial charge in [0, 0.05) is 167 Å². The van der Waals surface area contributed by atoms with Gasteiger partial charge in [-0.1, -0.05) is 124 Å². The number of halogens is 17. The minimum absolute atomic E-state index is 0. The van der Waals surface area contributed by atoms with Gasteiger partial charge in [-0.3, -0.25) is 42.2 Å². The zero-order valence-electron chi connectivity index (χ0n) is 76.3. The molecular formula is C101H91BBrF16LiN5O18V3-3. The van der Waals surface area contributed by atoms with Gasteiger partial charge < -0.3 is 75.6 Å². The zero-order valence-corrected chi connectivity index (χ0v) is 82.1. The predicted octanol–water partition coefficient (Wildman–Crippen LogP) is 19.5. The molecule has 146 heavy (non-hydrogen) atoms. The molecule has 4 aromatic heterocycles. The molecule has 0 bridgehead atoms. The first-order valence-corrected chi connectivity index (χ1v) is 41.0. The number of hydrogen-bond acceptors (Lipinski definition) is 18. The molecule has 0 amide bonds. The molecule has 14 aromatic rings. The topological polar surface area (TPSA) is 328 Å². The fourth-order valence-electron chi connectivity index (χ4n) is 12.0. The molecule has 0 fully saturated rings. The number of methoxy groups -OCH3 is 2. The fourth-order valence-corrected chi connectivity index (χ4v) is 12.4. The molecule has 14 rings (SSSR count). The van der Waals surface area contributed by atoms with Gasteiger partial charge in [0.2, 0.25) is 0 Å². The average molecular weight is 2220 g/mol.